The first kappa shape index (κ1) is 22.4. The third kappa shape index (κ3) is 6.15. The molecule has 2 aromatic rings. The maximum absolute atomic E-state index is 9.37. The van der Waals surface area contributed by atoms with Crippen molar-refractivity contribution in [2.75, 3.05) is 19.6 Å². The van der Waals surface area contributed by atoms with Crippen LogP contribution in [0.15, 0.2) is 48.5 Å². The van der Waals surface area contributed by atoms with Gasteiger partial charge < -0.3 is 25.2 Å². The van der Waals surface area contributed by atoms with Crippen molar-refractivity contribution in [1.29, 1.82) is 0 Å². The molecule has 1 unspecified atom stereocenters. The van der Waals surface area contributed by atoms with Gasteiger partial charge in [0, 0.05) is 25.1 Å². The van der Waals surface area contributed by atoms with Gasteiger partial charge in [-0.05, 0) is 42.6 Å². The Morgan fingerprint density at radius 1 is 0.806 bits per heavy atom. The summed E-state index contributed by atoms with van der Waals surface area (Å²) in [7, 11) is 0. The molecule has 31 heavy (non-hydrogen) atoms. The fourth-order valence-electron chi connectivity index (χ4n) is 4.63. The van der Waals surface area contributed by atoms with Gasteiger partial charge in [-0.3, -0.25) is 0 Å². The standard InChI is InChI=1S/C26H36N2O3/c27-17-20-6-12-23(13-7-20)26-30-24(18-28-14-4-2-1-3-5-15-28)16-25(31-26)22-10-8-21(19-29)9-11-22/h6-13,24-26,29H,1-5,14-19,27H2/t24-,25+,26?/m0/s1. The fraction of sp³-hybridized carbons (Fsp3) is 0.538. The van der Waals surface area contributed by atoms with E-state index in [1.807, 2.05) is 12.1 Å². The first-order valence-corrected chi connectivity index (χ1v) is 11.8. The molecule has 2 saturated heterocycles. The molecular weight excluding hydrogens is 388 g/mol. The molecular formula is C26H36N2O3. The van der Waals surface area contributed by atoms with Crippen molar-refractivity contribution in [1.82, 2.24) is 4.90 Å². The molecule has 0 aromatic heterocycles. The molecule has 0 radical (unpaired) electrons. The number of nitrogens with two attached hydrogens (primary N) is 1. The van der Waals surface area contributed by atoms with Crippen LogP contribution in [0, 0.1) is 0 Å². The lowest BCUT2D eigenvalue weighted by atomic mass is 9.99. The summed E-state index contributed by atoms with van der Waals surface area (Å²) in [5.74, 6) is 0. The minimum atomic E-state index is -0.386. The Kier molecular flexibility index (Phi) is 8.11. The highest BCUT2D eigenvalue weighted by Gasteiger charge is 2.33. The fourth-order valence-corrected chi connectivity index (χ4v) is 4.63. The molecule has 0 amide bonds. The van der Waals surface area contributed by atoms with Crippen molar-refractivity contribution in [3.05, 3.63) is 70.8 Å². The molecule has 0 bridgehead atoms. The number of rotatable bonds is 6. The van der Waals surface area contributed by atoms with Crippen LogP contribution in [0.5, 0.6) is 0 Å². The Hall–Kier alpha value is -1.76. The highest BCUT2D eigenvalue weighted by atomic mass is 16.7. The zero-order chi connectivity index (χ0) is 21.5. The van der Waals surface area contributed by atoms with E-state index in [1.54, 1.807) is 0 Å². The van der Waals surface area contributed by atoms with Crippen molar-refractivity contribution in [3.8, 4) is 0 Å². The largest absolute Gasteiger partial charge is 0.392 e. The van der Waals surface area contributed by atoms with E-state index in [1.165, 1.54) is 32.1 Å². The van der Waals surface area contributed by atoms with Gasteiger partial charge in [0.15, 0.2) is 6.29 Å². The van der Waals surface area contributed by atoms with E-state index in [2.05, 4.69) is 41.3 Å². The van der Waals surface area contributed by atoms with Gasteiger partial charge in [-0.15, -0.1) is 0 Å². The van der Waals surface area contributed by atoms with Crippen LogP contribution in [0.3, 0.4) is 0 Å². The summed E-state index contributed by atoms with van der Waals surface area (Å²) < 4.78 is 12.9. The predicted molar refractivity (Wildman–Crippen MR) is 122 cm³/mol. The number of benzene rings is 2. The third-order valence-corrected chi connectivity index (χ3v) is 6.51. The first-order valence-electron chi connectivity index (χ1n) is 11.8. The quantitative estimate of drug-likeness (QED) is 0.717. The van der Waals surface area contributed by atoms with E-state index in [-0.39, 0.29) is 25.1 Å². The van der Waals surface area contributed by atoms with E-state index in [0.717, 1.165) is 48.3 Å². The molecule has 3 N–H and O–H groups in total. The van der Waals surface area contributed by atoms with Crippen LogP contribution in [0.4, 0.5) is 0 Å². The lowest BCUT2D eigenvalue weighted by molar-refractivity contribution is -0.253. The van der Waals surface area contributed by atoms with Crippen LogP contribution in [0.1, 0.15) is 73.2 Å². The first-order chi connectivity index (χ1) is 15.2. The number of aliphatic hydroxyl groups excluding tert-OH is 1. The smallest absolute Gasteiger partial charge is 0.184 e. The topological polar surface area (TPSA) is 68.0 Å². The van der Waals surface area contributed by atoms with Gasteiger partial charge in [0.25, 0.3) is 0 Å². The number of hydrogen-bond acceptors (Lipinski definition) is 5. The van der Waals surface area contributed by atoms with Crippen LogP contribution in [-0.4, -0.2) is 35.7 Å². The molecule has 5 nitrogen and oxygen atoms in total. The molecule has 2 fully saturated rings. The van der Waals surface area contributed by atoms with Crippen molar-refractivity contribution < 1.29 is 14.6 Å². The number of nitrogens with zero attached hydrogens (tertiary/aromatic N) is 1. The van der Waals surface area contributed by atoms with Gasteiger partial charge in [0.1, 0.15) is 0 Å². The zero-order valence-electron chi connectivity index (χ0n) is 18.4. The van der Waals surface area contributed by atoms with Gasteiger partial charge in [0.05, 0.1) is 18.8 Å². The minimum absolute atomic E-state index is 0.0274. The molecule has 2 heterocycles. The summed E-state index contributed by atoms with van der Waals surface area (Å²) in [4.78, 5) is 2.58. The lowest BCUT2D eigenvalue weighted by Gasteiger charge is -2.38. The Labute approximate surface area is 186 Å². The van der Waals surface area contributed by atoms with E-state index in [4.69, 9.17) is 15.2 Å². The van der Waals surface area contributed by atoms with Gasteiger partial charge >= 0.3 is 0 Å². The summed E-state index contributed by atoms with van der Waals surface area (Å²) >= 11 is 0. The molecule has 2 aliphatic heterocycles. The number of ether oxygens (including phenoxy) is 2. The predicted octanol–water partition coefficient (Wildman–Crippen LogP) is 4.45. The van der Waals surface area contributed by atoms with Crippen LogP contribution in [0.25, 0.3) is 0 Å². The van der Waals surface area contributed by atoms with Crippen molar-refractivity contribution >= 4 is 0 Å². The van der Waals surface area contributed by atoms with E-state index >= 15 is 0 Å². The summed E-state index contributed by atoms with van der Waals surface area (Å²) in [5.41, 5.74) is 9.96. The molecule has 2 aromatic carbocycles. The molecule has 0 spiro atoms. The number of aliphatic hydroxyl groups is 1. The van der Waals surface area contributed by atoms with Gasteiger partial charge in [-0.25, -0.2) is 0 Å². The molecule has 0 saturated carbocycles. The summed E-state index contributed by atoms with van der Waals surface area (Å²) in [6.07, 6.45) is 7.14. The van der Waals surface area contributed by atoms with E-state index in [9.17, 15) is 5.11 Å². The average molecular weight is 425 g/mol. The van der Waals surface area contributed by atoms with Crippen LogP contribution < -0.4 is 5.73 Å². The third-order valence-electron chi connectivity index (χ3n) is 6.51. The summed E-state index contributed by atoms with van der Waals surface area (Å²) in [6, 6.07) is 16.3. The maximum atomic E-state index is 9.37. The monoisotopic (exact) mass is 424 g/mol. The molecule has 4 rings (SSSR count). The van der Waals surface area contributed by atoms with Crippen molar-refractivity contribution in [3.63, 3.8) is 0 Å². The van der Waals surface area contributed by atoms with Gasteiger partial charge in [0.2, 0.25) is 0 Å². The van der Waals surface area contributed by atoms with Crippen molar-refractivity contribution in [2.24, 2.45) is 5.73 Å². The highest BCUT2D eigenvalue weighted by Crippen LogP contribution is 2.38. The molecule has 5 heteroatoms. The second-order valence-electron chi connectivity index (χ2n) is 8.86. The Balaban J connectivity index is 1.51. The lowest BCUT2D eigenvalue weighted by Crippen LogP contribution is -2.40. The Morgan fingerprint density at radius 2 is 1.42 bits per heavy atom. The molecule has 0 aliphatic carbocycles. The normalized spacial score (nSPS) is 25.7. The van der Waals surface area contributed by atoms with Gasteiger partial charge in [-0.1, -0.05) is 67.8 Å². The van der Waals surface area contributed by atoms with E-state index < -0.39 is 0 Å². The number of likely N-dealkylation sites (tertiary alicyclic amines) is 1. The second-order valence-corrected chi connectivity index (χ2v) is 8.86. The number of hydrogen-bond donors (Lipinski definition) is 2. The maximum Gasteiger partial charge on any atom is 0.184 e. The van der Waals surface area contributed by atoms with Gasteiger partial charge in [-0.2, -0.15) is 0 Å². The van der Waals surface area contributed by atoms with Crippen LogP contribution >= 0.6 is 0 Å². The van der Waals surface area contributed by atoms with E-state index in [0.29, 0.717) is 6.54 Å². The van der Waals surface area contributed by atoms with Crippen LogP contribution in [0.2, 0.25) is 0 Å². The summed E-state index contributed by atoms with van der Waals surface area (Å²) in [5, 5.41) is 9.37. The Bertz CT molecular complexity index is 730. The molecule has 2 aliphatic rings. The minimum Gasteiger partial charge on any atom is -0.392 e. The Morgan fingerprint density at radius 3 is 2.06 bits per heavy atom. The average Bonchev–Trinajstić information content (AvgIpc) is 2.80. The molecule has 168 valence electrons. The molecule has 3 atom stereocenters. The van der Waals surface area contributed by atoms with Crippen molar-refractivity contribution in [2.45, 2.75) is 70.2 Å². The highest BCUT2D eigenvalue weighted by molar-refractivity contribution is 5.26. The second kappa shape index (κ2) is 11.2. The SMILES string of the molecule is NCc1ccc(C2O[C@H](CN3CCCCCCC3)C[C@H](c3ccc(CO)cc3)O2)cc1. The van der Waals surface area contributed by atoms with Crippen LogP contribution in [-0.2, 0) is 22.6 Å². The zero-order valence-corrected chi connectivity index (χ0v) is 18.4. The summed E-state index contributed by atoms with van der Waals surface area (Å²) in [6.45, 7) is 3.86.